The number of rotatable bonds is 9. The van der Waals surface area contributed by atoms with Gasteiger partial charge in [0.15, 0.2) is 0 Å². The van der Waals surface area contributed by atoms with Crippen LogP contribution in [0.2, 0.25) is 6.32 Å². The van der Waals surface area contributed by atoms with Crippen molar-refractivity contribution >= 4 is 25.1 Å². The zero-order chi connectivity index (χ0) is 22.3. The van der Waals surface area contributed by atoms with Gasteiger partial charge in [0.25, 0.3) is 0 Å². The van der Waals surface area contributed by atoms with E-state index in [0.717, 1.165) is 13.6 Å². The number of ether oxygens (including phenoxy) is 1. The normalized spacial score (nSPS) is 22.9. The number of carbonyl (C=O) groups is 3. The van der Waals surface area contributed by atoms with Gasteiger partial charge in [0.05, 0.1) is 6.54 Å². The number of aromatic hydroxyl groups is 1. The van der Waals surface area contributed by atoms with Crippen molar-refractivity contribution in [1.29, 1.82) is 0 Å². The molecule has 162 valence electrons. The molecule has 11 heteroatoms. The first kappa shape index (κ1) is 21.9. The lowest BCUT2D eigenvalue weighted by Crippen LogP contribution is -2.64. The molecular weight excluding hydrogens is 391 g/mol. The Bertz CT molecular complexity index is 880. The average Bonchev–Trinajstić information content (AvgIpc) is 3.35. The Morgan fingerprint density at radius 3 is 2.57 bits per heavy atom. The lowest BCUT2D eigenvalue weighted by molar-refractivity contribution is -0.129. The van der Waals surface area contributed by atoms with Gasteiger partial charge in [0.1, 0.15) is 36.0 Å². The number of nitrogens with one attached hydrogen (secondary N) is 1. The molecule has 2 amide bonds. The molecule has 0 spiro atoms. The summed E-state index contributed by atoms with van der Waals surface area (Å²) in [4.78, 5) is 36.5. The Balaban J connectivity index is 1.60. The second-order valence-corrected chi connectivity index (χ2v) is 8.70. The molecule has 2 aliphatic heterocycles. The van der Waals surface area contributed by atoms with Gasteiger partial charge in [0.2, 0.25) is 11.8 Å². The van der Waals surface area contributed by atoms with Gasteiger partial charge in [-0.2, -0.15) is 0 Å². The van der Waals surface area contributed by atoms with Crippen LogP contribution in [0.1, 0.15) is 29.8 Å². The van der Waals surface area contributed by atoms with Crippen molar-refractivity contribution in [1.82, 2.24) is 10.2 Å². The molecule has 0 radical (unpaired) electrons. The van der Waals surface area contributed by atoms with Crippen molar-refractivity contribution in [2.75, 3.05) is 26.2 Å². The molecule has 2 saturated heterocycles. The van der Waals surface area contributed by atoms with Crippen LogP contribution in [0.5, 0.6) is 11.5 Å². The third-order valence-corrected chi connectivity index (χ3v) is 5.72. The number of carbonyl (C=O) groups excluding carboxylic acids is 2. The minimum absolute atomic E-state index is 0.118. The summed E-state index contributed by atoms with van der Waals surface area (Å²) in [6.45, 7) is 4.36. The minimum atomic E-state index is -1.24. The maximum Gasteiger partial charge on any atom is 0.343 e. The van der Waals surface area contributed by atoms with Gasteiger partial charge in [-0.05, 0) is 23.9 Å². The van der Waals surface area contributed by atoms with E-state index in [4.69, 9.17) is 16.2 Å². The molecular formula is C19H27BN4O6. The second kappa shape index (κ2) is 7.80. The van der Waals surface area contributed by atoms with Crippen molar-refractivity contribution < 1.29 is 29.3 Å². The second-order valence-electron chi connectivity index (χ2n) is 8.70. The van der Waals surface area contributed by atoms with Gasteiger partial charge in [-0.15, -0.1) is 0 Å². The third-order valence-electron chi connectivity index (χ3n) is 5.72. The van der Waals surface area contributed by atoms with Crippen LogP contribution in [0.3, 0.4) is 0 Å². The monoisotopic (exact) mass is 418 g/mol. The summed E-state index contributed by atoms with van der Waals surface area (Å²) in [6.07, 6.45) is 0.608. The van der Waals surface area contributed by atoms with E-state index in [-0.39, 0.29) is 41.6 Å². The molecule has 1 aromatic carbocycles. The first-order chi connectivity index (χ1) is 13.9. The predicted molar refractivity (Wildman–Crippen MR) is 110 cm³/mol. The largest absolute Gasteiger partial charge is 0.507 e. The molecule has 1 aromatic rings. The smallest absolute Gasteiger partial charge is 0.343 e. The summed E-state index contributed by atoms with van der Waals surface area (Å²) in [5, 5.41) is 22.3. The van der Waals surface area contributed by atoms with Crippen molar-refractivity contribution in [3.8, 4) is 11.5 Å². The molecule has 7 N–H and O–H groups in total. The number of benzene rings is 1. The van der Waals surface area contributed by atoms with E-state index in [1.807, 2.05) is 11.8 Å². The maximum absolute atomic E-state index is 12.1. The number of hydrogen-bond acceptors (Lipinski definition) is 7. The Morgan fingerprint density at radius 2 is 2.03 bits per heavy atom. The van der Waals surface area contributed by atoms with Crippen LogP contribution in [0.15, 0.2) is 12.1 Å². The average molecular weight is 418 g/mol. The molecule has 10 nitrogen and oxygen atoms in total. The standard InChI is InChI=1S/C19H27BN4O6/c1-18(8-20-18)11-3-4-12(14(15(11)26)16(27)28)30-10-6-24(7-10)9-19(2,22)17(29)23-5-13(21)25/h3-4,10,20,26H,5-9,22H2,1-2H3,(H2,21,25)(H,23,29)(H,27,28)/t18-,19+/m1/s1. The van der Waals surface area contributed by atoms with Gasteiger partial charge in [0, 0.05) is 19.6 Å². The molecule has 2 fully saturated rings. The molecule has 0 bridgehead atoms. The van der Waals surface area contributed by atoms with Crippen LogP contribution in [0.25, 0.3) is 0 Å². The molecule has 0 saturated carbocycles. The topological polar surface area (TPSA) is 168 Å². The number of phenols is 1. The number of carboxylic acid groups (broad SMARTS) is 1. The highest BCUT2D eigenvalue weighted by atomic mass is 16.5. The van der Waals surface area contributed by atoms with Gasteiger partial charge in [-0.25, -0.2) is 4.79 Å². The van der Waals surface area contributed by atoms with E-state index in [0.29, 0.717) is 18.7 Å². The third kappa shape index (κ3) is 4.52. The molecule has 0 aromatic heterocycles. The molecule has 2 aliphatic rings. The van der Waals surface area contributed by atoms with E-state index in [1.165, 1.54) is 0 Å². The Labute approximate surface area is 174 Å². The Kier molecular flexibility index (Phi) is 5.70. The van der Waals surface area contributed by atoms with E-state index < -0.39 is 23.3 Å². The fraction of sp³-hybridized carbons (Fsp3) is 0.526. The summed E-state index contributed by atoms with van der Waals surface area (Å²) in [5.74, 6) is -2.52. The Hall–Kier alpha value is -2.79. The number of hydrogen-bond donors (Lipinski definition) is 5. The lowest BCUT2D eigenvalue weighted by Gasteiger charge is -2.42. The summed E-state index contributed by atoms with van der Waals surface area (Å²) in [5.41, 5.74) is 10.2. The van der Waals surface area contributed by atoms with Gasteiger partial charge < -0.3 is 31.7 Å². The summed E-state index contributed by atoms with van der Waals surface area (Å²) >= 11 is 0. The highest BCUT2D eigenvalue weighted by molar-refractivity contribution is 6.54. The summed E-state index contributed by atoms with van der Waals surface area (Å²) in [6, 6.07) is 3.32. The zero-order valence-corrected chi connectivity index (χ0v) is 17.1. The van der Waals surface area contributed by atoms with Crippen molar-refractivity contribution in [2.45, 2.75) is 37.1 Å². The number of amides is 2. The zero-order valence-electron chi connectivity index (χ0n) is 17.1. The Morgan fingerprint density at radius 1 is 1.40 bits per heavy atom. The van der Waals surface area contributed by atoms with Crippen molar-refractivity contribution in [3.63, 3.8) is 0 Å². The number of nitrogens with two attached hydrogens (primary N) is 2. The van der Waals surface area contributed by atoms with E-state index in [9.17, 15) is 24.6 Å². The minimum Gasteiger partial charge on any atom is -0.507 e. The maximum atomic E-state index is 12.1. The lowest BCUT2D eigenvalue weighted by atomic mass is 9.81. The predicted octanol–water partition coefficient (Wildman–Crippen LogP) is -1.44. The van der Waals surface area contributed by atoms with Crippen LogP contribution < -0.4 is 21.5 Å². The van der Waals surface area contributed by atoms with Crippen LogP contribution in [-0.2, 0) is 14.9 Å². The molecule has 3 rings (SSSR count). The molecule has 0 unspecified atom stereocenters. The fourth-order valence-electron chi connectivity index (χ4n) is 3.63. The molecule has 0 aliphatic carbocycles. The van der Waals surface area contributed by atoms with Gasteiger partial charge in [-0.3, -0.25) is 14.5 Å². The summed E-state index contributed by atoms with van der Waals surface area (Å²) < 4.78 is 5.81. The fourth-order valence-corrected chi connectivity index (χ4v) is 3.63. The highest BCUT2D eigenvalue weighted by Gasteiger charge is 2.44. The van der Waals surface area contributed by atoms with Crippen LogP contribution in [-0.4, -0.2) is 78.0 Å². The number of carboxylic acids is 1. The first-order valence-electron chi connectivity index (χ1n) is 9.77. The number of primary amides is 1. The van der Waals surface area contributed by atoms with Crippen molar-refractivity contribution in [3.05, 3.63) is 23.3 Å². The van der Waals surface area contributed by atoms with Crippen LogP contribution in [0.4, 0.5) is 0 Å². The number of likely N-dealkylation sites (tertiary alicyclic amines) is 1. The van der Waals surface area contributed by atoms with E-state index >= 15 is 0 Å². The molecule has 2 atom stereocenters. The van der Waals surface area contributed by atoms with E-state index in [1.54, 1.807) is 19.1 Å². The van der Waals surface area contributed by atoms with Crippen LogP contribution in [0, 0.1) is 0 Å². The van der Waals surface area contributed by atoms with Crippen LogP contribution >= 0.6 is 0 Å². The van der Waals surface area contributed by atoms with Gasteiger partial charge in [-0.1, -0.05) is 19.3 Å². The highest BCUT2D eigenvalue weighted by Crippen LogP contribution is 2.47. The van der Waals surface area contributed by atoms with E-state index in [2.05, 4.69) is 5.32 Å². The quantitative estimate of drug-likeness (QED) is 0.304. The van der Waals surface area contributed by atoms with Crippen molar-refractivity contribution in [2.24, 2.45) is 11.5 Å². The van der Waals surface area contributed by atoms with Gasteiger partial charge >= 0.3 is 5.97 Å². The first-order valence-corrected chi connectivity index (χ1v) is 9.77. The molecule has 30 heavy (non-hydrogen) atoms. The number of nitrogens with zero attached hydrogens (tertiary/aromatic N) is 1. The molecule has 2 heterocycles. The summed E-state index contributed by atoms with van der Waals surface area (Å²) in [7, 11) is 0.905. The number of aromatic carboxylic acids is 1. The SMILES string of the molecule is C[C@](N)(CN1CC(Oc2ccc([C@]3(C)BC3)c(O)c2C(=O)O)C1)C(=O)NCC(N)=O.